The molecule has 0 aliphatic carbocycles. The third-order valence-corrected chi connectivity index (χ3v) is 4.21. The normalized spacial score (nSPS) is 13.9. The van der Waals surface area contributed by atoms with Gasteiger partial charge in [0.05, 0.1) is 4.90 Å². The summed E-state index contributed by atoms with van der Waals surface area (Å²) in [7, 11) is -3.06. The van der Waals surface area contributed by atoms with Gasteiger partial charge in [-0.25, -0.2) is 8.42 Å². The van der Waals surface area contributed by atoms with E-state index in [-0.39, 0.29) is 0 Å². The van der Waals surface area contributed by atoms with Crippen LogP contribution in [0.25, 0.3) is 0 Å². The van der Waals surface area contributed by atoms with E-state index in [0.29, 0.717) is 10.8 Å². The van der Waals surface area contributed by atoms with Crippen molar-refractivity contribution in [2.45, 2.75) is 17.7 Å². The highest BCUT2D eigenvalue weighted by molar-refractivity contribution is 9.09. The van der Waals surface area contributed by atoms with Gasteiger partial charge >= 0.3 is 0 Å². The highest BCUT2D eigenvalue weighted by atomic mass is 79.9. The molecular formula is C10H13BrO2S. The summed E-state index contributed by atoms with van der Waals surface area (Å²) in [6, 6.07) is 7.04. The molecule has 2 nitrogen and oxygen atoms in total. The Morgan fingerprint density at radius 3 is 2.14 bits per heavy atom. The fraction of sp³-hybridized carbons (Fsp3) is 0.400. The number of benzene rings is 1. The molecule has 1 aromatic rings. The maximum atomic E-state index is 11.2. The first-order valence-electron chi connectivity index (χ1n) is 4.31. The van der Waals surface area contributed by atoms with Crippen LogP contribution in [0.2, 0.25) is 0 Å². The van der Waals surface area contributed by atoms with E-state index in [9.17, 15) is 8.42 Å². The molecule has 1 rings (SSSR count). The minimum Gasteiger partial charge on any atom is -0.224 e. The largest absolute Gasteiger partial charge is 0.224 e. The number of sulfone groups is 1. The molecule has 0 heterocycles. The van der Waals surface area contributed by atoms with Crippen molar-refractivity contribution in [1.29, 1.82) is 0 Å². The van der Waals surface area contributed by atoms with Crippen molar-refractivity contribution in [3.63, 3.8) is 0 Å². The Bertz CT molecular complexity index is 395. The molecule has 1 unspecified atom stereocenters. The van der Waals surface area contributed by atoms with E-state index in [4.69, 9.17) is 0 Å². The van der Waals surface area contributed by atoms with E-state index >= 15 is 0 Å². The van der Waals surface area contributed by atoms with E-state index in [1.54, 1.807) is 12.1 Å². The molecule has 1 aromatic carbocycles. The third kappa shape index (κ3) is 2.82. The van der Waals surface area contributed by atoms with Gasteiger partial charge in [-0.05, 0) is 23.6 Å². The van der Waals surface area contributed by atoms with Crippen LogP contribution in [-0.2, 0) is 9.84 Å². The van der Waals surface area contributed by atoms with Gasteiger partial charge in [0.15, 0.2) is 9.84 Å². The molecule has 14 heavy (non-hydrogen) atoms. The summed E-state index contributed by atoms with van der Waals surface area (Å²) in [5, 5.41) is 0.880. The molecule has 0 amide bonds. The Morgan fingerprint density at radius 2 is 1.79 bits per heavy atom. The zero-order valence-electron chi connectivity index (χ0n) is 8.20. The number of alkyl halides is 1. The Labute approximate surface area is 93.4 Å². The number of halogens is 1. The number of rotatable bonds is 3. The zero-order chi connectivity index (χ0) is 10.8. The average molecular weight is 277 g/mol. The maximum absolute atomic E-state index is 11.2. The molecule has 0 saturated heterocycles. The van der Waals surface area contributed by atoms with Crippen LogP contribution in [0.3, 0.4) is 0 Å². The molecule has 0 spiro atoms. The standard InChI is InChI=1S/C10H13BrO2S/c1-8(7-11)9-3-5-10(6-4-9)14(2,12)13/h3-6,8H,7H2,1-2H3. The van der Waals surface area contributed by atoms with E-state index in [0.717, 1.165) is 10.9 Å². The number of hydrogen-bond acceptors (Lipinski definition) is 2. The average Bonchev–Trinajstić information content (AvgIpc) is 2.15. The lowest BCUT2D eigenvalue weighted by molar-refractivity contribution is 0.602. The van der Waals surface area contributed by atoms with Crippen LogP contribution in [0.5, 0.6) is 0 Å². The lowest BCUT2D eigenvalue weighted by Gasteiger charge is -2.08. The Morgan fingerprint density at radius 1 is 1.29 bits per heavy atom. The minimum absolute atomic E-state index is 0.378. The van der Waals surface area contributed by atoms with Crippen molar-refractivity contribution in [2.24, 2.45) is 0 Å². The first kappa shape index (κ1) is 11.7. The quantitative estimate of drug-likeness (QED) is 0.796. The summed E-state index contributed by atoms with van der Waals surface area (Å²) in [6.07, 6.45) is 1.22. The topological polar surface area (TPSA) is 34.1 Å². The van der Waals surface area contributed by atoms with Crippen molar-refractivity contribution in [1.82, 2.24) is 0 Å². The van der Waals surface area contributed by atoms with Gasteiger partial charge in [0, 0.05) is 11.6 Å². The second kappa shape index (κ2) is 4.45. The minimum atomic E-state index is -3.06. The summed E-state index contributed by atoms with van der Waals surface area (Å²) in [6.45, 7) is 2.09. The molecule has 0 N–H and O–H groups in total. The van der Waals surface area contributed by atoms with Gasteiger partial charge in [0.1, 0.15) is 0 Å². The summed E-state index contributed by atoms with van der Waals surface area (Å²) in [4.78, 5) is 0.378. The lowest BCUT2D eigenvalue weighted by atomic mass is 10.0. The summed E-state index contributed by atoms with van der Waals surface area (Å²) in [5.41, 5.74) is 1.15. The van der Waals surface area contributed by atoms with Crippen LogP contribution in [-0.4, -0.2) is 20.0 Å². The predicted molar refractivity (Wildman–Crippen MR) is 61.8 cm³/mol. The van der Waals surface area contributed by atoms with E-state index < -0.39 is 9.84 Å². The second-order valence-electron chi connectivity index (χ2n) is 3.40. The molecule has 0 radical (unpaired) electrons. The van der Waals surface area contributed by atoms with Crippen LogP contribution in [0.4, 0.5) is 0 Å². The van der Waals surface area contributed by atoms with Gasteiger partial charge in [-0.2, -0.15) is 0 Å². The monoisotopic (exact) mass is 276 g/mol. The van der Waals surface area contributed by atoms with Crippen LogP contribution in [0, 0.1) is 0 Å². The van der Waals surface area contributed by atoms with Crippen molar-refractivity contribution in [3.05, 3.63) is 29.8 Å². The first-order chi connectivity index (χ1) is 6.45. The molecule has 1 atom stereocenters. The Kier molecular flexibility index (Phi) is 3.72. The molecule has 0 aliphatic heterocycles. The van der Waals surface area contributed by atoms with Gasteiger partial charge in [0.25, 0.3) is 0 Å². The molecule has 0 bridgehead atoms. The van der Waals surface area contributed by atoms with Gasteiger partial charge in [-0.1, -0.05) is 35.0 Å². The predicted octanol–water partition coefficient (Wildman–Crippen LogP) is 2.59. The van der Waals surface area contributed by atoms with Crippen LogP contribution in [0.1, 0.15) is 18.4 Å². The second-order valence-corrected chi connectivity index (χ2v) is 6.06. The molecular weight excluding hydrogens is 264 g/mol. The fourth-order valence-electron chi connectivity index (χ4n) is 1.13. The molecule has 0 fully saturated rings. The molecule has 4 heteroatoms. The van der Waals surface area contributed by atoms with Crippen molar-refractivity contribution in [2.75, 3.05) is 11.6 Å². The van der Waals surface area contributed by atoms with E-state index in [1.807, 2.05) is 12.1 Å². The smallest absolute Gasteiger partial charge is 0.175 e. The lowest BCUT2D eigenvalue weighted by Crippen LogP contribution is -1.99. The molecule has 0 saturated carbocycles. The fourth-order valence-corrected chi connectivity index (χ4v) is 2.14. The maximum Gasteiger partial charge on any atom is 0.175 e. The summed E-state index contributed by atoms with van der Waals surface area (Å²) in [5.74, 6) is 0.406. The van der Waals surface area contributed by atoms with Gasteiger partial charge in [-0.3, -0.25) is 0 Å². The van der Waals surface area contributed by atoms with Crippen molar-refractivity contribution >= 4 is 25.8 Å². The highest BCUT2D eigenvalue weighted by Crippen LogP contribution is 2.19. The zero-order valence-corrected chi connectivity index (χ0v) is 10.6. The number of hydrogen-bond donors (Lipinski definition) is 0. The first-order valence-corrected chi connectivity index (χ1v) is 7.32. The SMILES string of the molecule is CC(CBr)c1ccc(S(C)(=O)=O)cc1. The van der Waals surface area contributed by atoms with Gasteiger partial charge in [-0.15, -0.1) is 0 Å². The van der Waals surface area contributed by atoms with Crippen molar-refractivity contribution < 1.29 is 8.42 Å². The van der Waals surface area contributed by atoms with E-state index in [1.165, 1.54) is 6.26 Å². The molecule has 78 valence electrons. The molecule has 0 aromatic heterocycles. The Hall–Kier alpha value is -0.350. The van der Waals surface area contributed by atoms with Crippen LogP contribution in [0.15, 0.2) is 29.2 Å². The van der Waals surface area contributed by atoms with Crippen LogP contribution >= 0.6 is 15.9 Å². The van der Waals surface area contributed by atoms with E-state index in [2.05, 4.69) is 22.9 Å². The third-order valence-electron chi connectivity index (χ3n) is 2.11. The Balaban J connectivity index is 3.01. The van der Waals surface area contributed by atoms with Crippen LogP contribution < -0.4 is 0 Å². The summed E-state index contributed by atoms with van der Waals surface area (Å²) >= 11 is 3.39. The molecule has 0 aliphatic rings. The van der Waals surface area contributed by atoms with Crippen molar-refractivity contribution in [3.8, 4) is 0 Å². The van der Waals surface area contributed by atoms with Gasteiger partial charge < -0.3 is 0 Å². The van der Waals surface area contributed by atoms with Gasteiger partial charge in [0.2, 0.25) is 0 Å². The highest BCUT2D eigenvalue weighted by Gasteiger charge is 2.08. The summed E-state index contributed by atoms with van der Waals surface area (Å²) < 4.78 is 22.3.